The van der Waals surface area contributed by atoms with Crippen molar-refractivity contribution in [1.82, 2.24) is 24.8 Å². The summed E-state index contributed by atoms with van der Waals surface area (Å²) in [5.41, 5.74) is 0.604. The molecule has 0 aliphatic carbocycles. The van der Waals surface area contributed by atoms with Crippen LogP contribution >= 0.6 is 0 Å². The molecule has 1 fully saturated rings. The van der Waals surface area contributed by atoms with E-state index in [1.54, 1.807) is 19.1 Å². The molecule has 3 aromatic heterocycles. The molecular formula is C20H20F3N7O3. The zero-order valence-electron chi connectivity index (χ0n) is 17.5. The van der Waals surface area contributed by atoms with E-state index in [4.69, 9.17) is 4.74 Å². The number of ether oxygens (including phenoxy) is 1. The summed E-state index contributed by atoms with van der Waals surface area (Å²) >= 11 is 0. The molecule has 0 spiro atoms. The predicted octanol–water partition coefficient (Wildman–Crippen LogP) is 2.57. The lowest BCUT2D eigenvalue weighted by Crippen LogP contribution is -2.38. The molecule has 1 N–H and O–H groups in total. The smallest absolute Gasteiger partial charge is 0.453 e. The quantitative estimate of drug-likeness (QED) is 0.575. The monoisotopic (exact) mass is 463 g/mol. The average molecular weight is 463 g/mol. The number of rotatable bonds is 5. The highest BCUT2D eigenvalue weighted by molar-refractivity contribution is 5.93. The molecule has 4 heterocycles. The van der Waals surface area contributed by atoms with E-state index in [9.17, 15) is 22.8 Å². The van der Waals surface area contributed by atoms with Crippen molar-refractivity contribution in [1.29, 1.82) is 0 Å². The van der Waals surface area contributed by atoms with E-state index >= 15 is 0 Å². The summed E-state index contributed by atoms with van der Waals surface area (Å²) in [6.07, 6.45) is -2.29. The van der Waals surface area contributed by atoms with Gasteiger partial charge in [0, 0.05) is 19.0 Å². The Morgan fingerprint density at radius 3 is 2.55 bits per heavy atom. The van der Waals surface area contributed by atoms with Crippen molar-refractivity contribution in [3.8, 4) is 0 Å². The topological polar surface area (TPSA) is 115 Å². The van der Waals surface area contributed by atoms with Gasteiger partial charge in [-0.3, -0.25) is 4.79 Å². The molecule has 0 atom stereocenters. The number of aromatic nitrogens is 5. The average Bonchev–Trinajstić information content (AvgIpc) is 3.24. The first kappa shape index (κ1) is 22.4. The maximum atomic E-state index is 13.1. The fourth-order valence-corrected chi connectivity index (χ4v) is 3.53. The number of halogens is 3. The highest BCUT2D eigenvalue weighted by Crippen LogP contribution is 2.29. The number of anilines is 2. The van der Waals surface area contributed by atoms with E-state index in [0.717, 1.165) is 0 Å². The van der Waals surface area contributed by atoms with Crippen molar-refractivity contribution in [2.75, 3.05) is 29.9 Å². The first-order valence-corrected chi connectivity index (χ1v) is 10.2. The van der Waals surface area contributed by atoms with Gasteiger partial charge >= 0.3 is 12.1 Å². The molecule has 4 rings (SSSR count). The second kappa shape index (κ2) is 9.00. The molecule has 1 aliphatic heterocycles. The molecule has 33 heavy (non-hydrogen) atoms. The second-order valence-corrected chi connectivity index (χ2v) is 7.39. The van der Waals surface area contributed by atoms with Crippen LogP contribution in [0.3, 0.4) is 0 Å². The van der Waals surface area contributed by atoms with E-state index in [1.807, 2.05) is 4.90 Å². The number of nitrogens with zero attached hydrogens (tertiary/aromatic N) is 6. The zero-order chi connectivity index (χ0) is 23.6. The minimum Gasteiger partial charge on any atom is -0.461 e. The molecule has 0 radical (unpaired) electrons. The van der Waals surface area contributed by atoms with Gasteiger partial charge < -0.3 is 15.0 Å². The molecule has 0 saturated carbocycles. The molecule has 13 heteroatoms. The van der Waals surface area contributed by atoms with Crippen molar-refractivity contribution < 1.29 is 27.5 Å². The molecule has 10 nitrogen and oxygen atoms in total. The van der Waals surface area contributed by atoms with Crippen molar-refractivity contribution in [2.45, 2.75) is 25.9 Å². The molecule has 174 valence electrons. The van der Waals surface area contributed by atoms with Gasteiger partial charge in [0.2, 0.25) is 5.91 Å². The molecule has 1 amide bonds. The Labute approximate surface area is 185 Å². The SMILES string of the molecule is CCOC(=O)c1ccc(NC(=O)C2CCN(c3ccc4nnc(C(F)(F)F)n4n3)CC2)cn1. The summed E-state index contributed by atoms with van der Waals surface area (Å²) in [5.74, 6) is -1.85. The van der Waals surface area contributed by atoms with Crippen molar-refractivity contribution in [3.63, 3.8) is 0 Å². The number of nitrogens with one attached hydrogen (secondary N) is 1. The number of carbonyl (C=O) groups is 2. The molecule has 0 bridgehead atoms. The number of pyridine rings is 1. The number of fused-ring (bicyclic) bond motifs is 1. The van der Waals surface area contributed by atoms with E-state index in [0.29, 0.717) is 42.0 Å². The number of piperidine rings is 1. The normalized spacial score (nSPS) is 15.0. The van der Waals surface area contributed by atoms with Crippen LogP contribution in [0.5, 0.6) is 0 Å². The van der Waals surface area contributed by atoms with Gasteiger partial charge in [0.1, 0.15) is 11.5 Å². The molecule has 1 aliphatic rings. The summed E-state index contributed by atoms with van der Waals surface area (Å²) in [7, 11) is 0. The number of carbonyl (C=O) groups excluding carboxylic acids is 2. The lowest BCUT2D eigenvalue weighted by Gasteiger charge is -2.32. The summed E-state index contributed by atoms with van der Waals surface area (Å²) in [4.78, 5) is 30.1. The number of amides is 1. The van der Waals surface area contributed by atoms with Crippen molar-refractivity contribution >= 4 is 29.0 Å². The van der Waals surface area contributed by atoms with Crippen LogP contribution in [-0.2, 0) is 15.7 Å². The minimum atomic E-state index is -4.67. The van der Waals surface area contributed by atoms with Crippen molar-refractivity contribution in [2.24, 2.45) is 5.92 Å². The standard InChI is InChI=1S/C20H20F3N7O3/c1-2-33-18(32)14-4-3-13(11-24-14)25-17(31)12-7-9-29(10-8-12)16-6-5-15-26-27-19(20(21,22)23)30(15)28-16/h3-6,11-12H,2,7-10H2,1H3,(H,25,31). The summed E-state index contributed by atoms with van der Waals surface area (Å²) in [5, 5.41) is 13.5. The Morgan fingerprint density at radius 2 is 1.91 bits per heavy atom. The van der Waals surface area contributed by atoms with E-state index in [2.05, 4.69) is 25.6 Å². The maximum Gasteiger partial charge on any atom is 0.453 e. The van der Waals surface area contributed by atoms with Crippen LogP contribution in [0.15, 0.2) is 30.5 Å². The van der Waals surface area contributed by atoms with Gasteiger partial charge in [-0.2, -0.15) is 17.7 Å². The molecule has 3 aromatic rings. The van der Waals surface area contributed by atoms with Crippen LogP contribution < -0.4 is 10.2 Å². The van der Waals surface area contributed by atoms with Gasteiger partial charge in [-0.05, 0) is 44.0 Å². The lowest BCUT2D eigenvalue weighted by molar-refractivity contribution is -0.146. The van der Waals surface area contributed by atoms with Gasteiger partial charge in [-0.15, -0.1) is 15.3 Å². The number of esters is 1. The van der Waals surface area contributed by atoms with E-state index < -0.39 is 18.0 Å². The number of hydrogen-bond acceptors (Lipinski definition) is 8. The van der Waals surface area contributed by atoms with Gasteiger partial charge in [0.15, 0.2) is 5.65 Å². The van der Waals surface area contributed by atoms with Gasteiger partial charge in [-0.1, -0.05) is 0 Å². The fraction of sp³-hybridized carbons (Fsp3) is 0.400. The third-order valence-corrected chi connectivity index (χ3v) is 5.21. The summed E-state index contributed by atoms with van der Waals surface area (Å²) in [6.45, 7) is 2.82. The van der Waals surface area contributed by atoms with E-state index in [1.165, 1.54) is 18.3 Å². The molecule has 0 aromatic carbocycles. The first-order valence-electron chi connectivity index (χ1n) is 10.2. The molecule has 1 saturated heterocycles. The number of hydrogen-bond donors (Lipinski definition) is 1. The summed E-state index contributed by atoms with van der Waals surface area (Å²) in [6, 6.07) is 6.05. The third kappa shape index (κ3) is 4.86. The van der Waals surface area contributed by atoms with Crippen LogP contribution in [0.1, 0.15) is 36.1 Å². The zero-order valence-corrected chi connectivity index (χ0v) is 17.5. The van der Waals surface area contributed by atoms with Crippen LogP contribution in [0.25, 0.3) is 5.65 Å². The highest BCUT2D eigenvalue weighted by atomic mass is 19.4. The van der Waals surface area contributed by atoms with Gasteiger partial charge in [0.05, 0.1) is 18.5 Å². The Hall–Kier alpha value is -3.77. The Bertz CT molecular complexity index is 1160. The Morgan fingerprint density at radius 1 is 1.15 bits per heavy atom. The highest BCUT2D eigenvalue weighted by Gasteiger charge is 2.38. The van der Waals surface area contributed by atoms with Gasteiger partial charge in [0.25, 0.3) is 5.82 Å². The third-order valence-electron chi connectivity index (χ3n) is 5.21. The first-order chi connectivity index (χ1) is 15.8. The van der Waals surface area contributed by atoms with E-state index in [-0.39, 0.29) is 29.8 Å². The summed E-state index contributed by atoms with van der Waals surface area (Å²) < 4.78 is 44.8. The predicted molar refractivity (Wildman–Crippen MR) is 110 cm³/mol. The van der Waals surface area contributed by atoms with Crippen LogP contribution in [0, 0.1) is 5.92 Å². The Balaban J connectivity index is 1.37. The molecular weight excluding hydrogens is 443 g/mol. The molecule has 0 unspecified atom stereocenters. The largest absolute Gasteiger partial charge is 0.461 e. The van der Waals surface area contributed by atoms with Crippen LogP contribution in [0.4, 0.5) is 24.7 Å². The fourth-order valence-electron chi connectivity index (χ4n) is 3.53. The lowest BCUT2D eigenvalue weighted by atomic mass is 9.96. The van der Waals surface area contributed by atoms with Crippen LogP contribution in [0.2, 0.25) is 0 Å². The second-order valence-electron chi connectivity index (χ2n) is 7.39. The van der Waals surface area contributed by atoms with Crippen LogP contribution in [-0.4, -0.2) is 56.4 Å². The maximum absolute atomic E-state index is 13.1. The Kier molecular flexibility index (Phi) is 6.11. The minimum absolute atomic E-state index is 0.00271. The van der Waals surface area contributed by atoms with Gasteiger partial charge in [-0.25, -0.2) is 9.78 Å². The number of alkyl halides is 3. The van der Waals surface area contributed by atoms with Crippen molar-refractivity contribution in [3.05, 3.63) is 42.0 Å².